The zero-order valence-electron chi connectivity index (χ0n) is 61.2. The fraction of sp³-hybridized carbons (Fsp3) is 0.0556. The van der Waals surface area contributed by atoms with Crippen LogP contribution in [0.2, 0.25) is 0 Å². The Balaban J connectivity index is 0.000000140. The molecule has 0 saturated heterocycles. The molecule has 2 aliphatic rings. The Bertz CT molecular complexity index is 7040. The molecule has 0 atom stereocenters. The number of hydrogen-bond donors (Lipinski definition) is 0. The molecular weight excluding hydrogens is 1310 g/mol. The lowest BCUT2D eigenvalue weighted by Crippen LogP contribution is -2.16. The van der Waals surface area contributed by atoms with E-state index in [4.69, 9.17) is 4.42 Å². The van der Waals surface area contributed by atoms with E-state index in [0.717, 1.165) is 33.1 Å². The van der Waals surface area contributed by atoms with Crippen molar-refractivity contribution in [2.24, 2.45) is 0 Å². The lowest BCUT2D eigenvalue weighted by molar-refractivity contribution is 0.663. The van der Waals surface area contributed by atoms with Gasteiger partial charge in [0.2, 0.25) is 0 Å². The first-order valence-electron chi connectivity index (χ1n) is 38.2. The molecule has 0 radical (unpaired) electrons. The second-order valence-corrected chi connectivity index (χ2v) is 30.8. The van der Waals surface area contributed by atoms with Crippen LogP contribution in [0.1, 0.15) is 49.9 Å². The van der Waals surface area contributed by atoms with Crippen molar-refractivity contribution in [2.45, 2.75) is 38.5 Å². The lowest BCUT2D eigenvalue weighted by atomic mass is 9.78. The summed E-state index contributed by atoms with van der Waals surface area (Å²) in [5.74, 6) is 0. The third-order valence-electron chi connectivity index (χ3n) is 24.0. The average Bonchev–Trinajstić information content (AvgIpc) is 1.70. The zero-order chi connectivity index (χ0) is 72.6. The predicted octanol–water partition coefficient (Wildman–Crippen LogP) is 30.1. The van der Waals surface area contributed by atoms with Gasteiger partial charge < -0.3 is 4.42 Å². The van der Waals surface area contributed by atoms with E-state index in [1.165, 1.54) is 187 Å². The molecule has 19 aromatic carbocycles. The first-order valence-corrected chi connectivity index (χ1v) is 38.2. The van der Waals surface area contributed by atoms with Crippen molar-refractivity contribution in [1.29, 1.82) is 0 Å². The highest BCUT2D eigenvalue weighted by atomic mass is 16.3. The van der Waals surface area contributed by atoms with Gasteiger partial charge in [0.25, 0.3) is 0 Å². The van der Waals surface area contributed by atoms with Crippen molar-refractivity contribution in [1.82, 2.24) is 0 Å². The molecule has 0 saturated carbocycles. The topological polar surface area (TPSA) is 13.1 Å². The van der Waals surface area contributed by atoms with Crippen molar-refractivity contribution < 1.29 is 4.42 Å². The quantitative estimate of drug-likeness (QED) is 0.138. The van der Waals surface area contributed by atoms with Gasteiger partial charge in [0.1, 0.15) is 11.2 Å². The summed E-state index contributed by atoms with van der Waals surface area (Å²) in [7, 11) is 0. The highest BCUT2D eigenvalue weighted by molar-refractivity contribution is 6.24. The summed E-state index contributed by atoms with van der Waals surface area (Å²) < 4.78 is 6.50. The van der Waals surface area contributed by atoms with E-state index in [-0.39, 0.29) is 10.8 Å². The first kappa shape index (κ1) is 64.0. The van der Waals surface area contributed by atoms with Crippen LogP contribution in [0.25, 0.3) is 198 Å². The summed E-state index contributed by atoms with van der Waals surface area (Å²) in [5.41, 5.74) is 32.3. The molecule has 20 aromatic rings. The minimum absolute atomic E-state index is 0.128. The molecule has 0 bridgehead atoms. The highest BCUT2D eigenvalue weighted by Gasteiger charge is 2.40. The molecule has 2 aliphatic carbocycles. The molecule has 0 aliphatic heterocycles. The number of rotatable bonds is 8. The summed E-state index contributed by atoms with van der Waals surface area (Å²) in [6.45, 7) is 9.58. The Kier molecular flexibility index (Phi) is 14.7. The third kappa shape index (κ3) is 10.2. The van der Waals surface area contributed by atoms with E-state index in [1.807, 2.05) is 6.07 Å². The van der Waals surface area contributed by atoms with Crippen molar-refractivity contribution in [3.63, 3.8) is 0 Å². The molecular formula is C108H74O. The standard InChI is InChI=1S/C57H38O.C51H36/c1-57(2)51-34-36-16-4-3-15-35(36)33-50(51)48-28-13-26-41(55(48)57)37-17-11-19-39(31-37)53-44-22-5-7-24-46(44)54(47-25-8-6-23-45(47)53)40-20-12-18-38(32-40)42-27-14-29-49-43-21-9-10-30-52(43)58-56(42)49;1-51(2)47-32-36-18-7-6-17-35(36)31-46(47)45-28-14-27-40(50(45)51)37-20-13-22-39(30-37)49-43-25-10-8-23-41(43)48(42-24-9-11-26-44(42)49)38-21-12-19-34(29-38)33-15-4-3-5-16-33/h3-34H,1-2H3;3-32H,1-2H3. The Morgan fingerprint density at radius 1 is 0.183 bits per heavy atom. The first-order chi connectivity index (χ1) is 53.6. The van der Waals surface area contributed by atoms with E-state index in [9.17, 15) is 0 Å². The third-order valence-corrected chi connectivity index (χ3v) is 24.0. The van der Waals surface area contributed by atoms with Gasteiger partial charge in [0, 0.05) is 27.2 Å². The van der Waals surface area contributed by atoms with Crippen molar-refractivity contribution in [3.05, 3.63) is 398 Å². The van der Waals surface area contributed by atoms with Gasteiger partial charge >= 0.3 is 0 Å². The molecule has 0 N–H and O–H groups in total. The normalized spacial score (nSPS) is 13.1. The Labute approximate surface area is 634 Å². The fourth-order valence-electron chi connectivity index (χ4n) is 19.1. The summed E-state index contributed by atoms with van der Waals surface area (Å²) in [5, 5.41) is 17.5. The summed E-state index contributed by atoms with van der Waals surface area (Å²) >= 11 is 0. The second kappa shape index (κ2) is 25.1. The minimum atomic E-state index is -0.146. The Morgan fingerprint density at radius 2 is 0.459 bits per heavy atom. The predicted molar refractivity (Wildman–Crippen MR) is 464 cm³/mol. The highest BCUT2D eigenvalue weighted by Crippen LogP contribution is 2.57. The van der Waals surface area contributed by atoms with Crippen LogP contribution in [-0.2, 0) is 10.8 Å². The van der Waals surface area contributed by atoms with Gasteiger partial charge in [-0.05, 0) is 247 Å². The number of fused-ring (bicyclic) bond motifs is 15. The molecule has 1 aromatic heterocycles. The van der Waals surface area contributed by atoms with Crippen LogP contribution in [0.3, 0.4) is 0 Å². The van der Waals surface area contributed by atoms with Gasteiger partial charge in [0.05, 0.1) is 0 Å². The smallest absolute Gasteiger partial charge is 0.143 e. The van der Waals surface area contributed by atoms with Crippen LogP contribution in [0, 0.1) is 0 Å². The van der Waals surface area contributed by atoms with Crippen molar-refractivity contribution in [3.8, 4) is 111 Å². The van der Waals surface area contributed by atoms with E-state index >= 15 is 0 Å². The van der Waals surface area contributed by atoms with Gasteiger partial charge in [-0.15, -0.1) is 0 Å². The minimum Gasteiger partial charge on any atom is -0.455 e. The molecule has 0 spiro atoms. The molecule has 0 fully saturated rings. The molecule has 512 valence electrons. The number of benzene rings is 19. The average molecular weight is 1390 g/mol. The Hall–Kier alpha value is -13.5. The molecule has 1 heterocycles. The molecule has 0 amide bonds. The summed E-state index contributed by atoms with van der Waals surface area (Å²) in [6.07, 6.45) is 0. The van der Waals surface area contributed by atoms with Gasteiger partial charge in [-0.25, -0.2) is 0 Å². The monoisotopic (exact) mass is 1390 g/mol. The number of furan rings is 1. The summed E-state index contributed by atoms with van der Waals surface area (Å²) in [4.78, 5) is 0. The van der Waals surface area contributed by atoms with Crippen LogP contribution in [0.15, 0.2) is 381 Å². The maximum Gasteiger partial charge on any atom is 0.143 e. The fourth-order valence-corrected chi connectivity index (χ4v) is 19.1. The van der Waals surface area contributed by atoms with Crippen LogP contribution in [-0.4, -0.2) is 0 Å². The van der Waals surface area contributed by atoms with Gasteiger partial charge in [-0.3, -0.25) is 0 Å². The van der Waals surface area contributed by atoms with Crippen LogP contribution >= 0.6 is 0 Å². The van der Waals surface area contributed by atoms with Gasteiger partial charge in [-0.2, -0.15) is 0 Å². The lowest BCUT2D eigenvalue weighted by Gasteiger charge is -2.25. The summed E-state index contributed by atoms with van der Waals surface area (Å²) in [6, 6.07) is 139. The second-order valence-electron chi connectivity index (χ2n) is 30.8. The number of hydrogen-bond acceptors (Lipinski definition) is 1. The maximum absolute atomic E-state index is 6.50. The SMILES string of the molecule is CC1(C)c2cc3ccccc3cc2-c2cccc(-c3cccc(-c4c5ccccc5c(-c5cccc(-c6cccc7c6oc6ccccc67)c5)c5ccccc45)c3)c21.CC1(C)c2cc3ccccc3cc2-c2cccc(-c3cccc(-c4c5ccccc5c(-c5cccc(-c6ccccc6)c5)c5ccccc45)c3)c21. The largest absolute Gasteiger partial charge is 0.455 e. The van der Waals surface area contributed by atoms with Crippen molar-refractivity contribution >= 4 is 86.6 Å². The Morgan fingerprint density at radius 3 is 0.872 bits per heavy atom. The molecule has 1 nitrogen and oxygen atoms in total. The van der Waals surface area contributed by atoms with Gasteiger partial charge in [0.15, 0.2) is 0 Å². The van der Waals surface area contributed by atoms with E-state index < -0.39 is 0 Å². The van der Waals surface area contributed by atoms with E-state index in [0.29, 0.717) is 0 Å². The van der Waals surface area contributed by atoms with Gasteiger partial charge in [-0.1, -0.05) is 349 Å². The maximum atomic E-state index is 6.50. The van der Waals surface area contributed by atoms with Crippen molar-refractivity contribution in [2.75, 3.05) is 0 Å². The van der Waals surface area contributed by atoms with E-state index in [2.05, 4.69) is 398 Å². The zero-order valence-corrected chi connectivity index (χ0v) is 61.2. The van der Waals surface area contributed by atoms with Crippen LogP contribution in [0.4, 0.5) is 0 Å². The van der Waals surface area contributed by atoms with E-state index in [1.54, 1.807) is 0 Å². The molecule has 22 rings (SSSR count). The molecule has 0 unspecified atom stereocenters. The van der Waals surface area contributed by atoms with Crippen LogP contribution < -0.4 is 0 Å². The molecule has 1 heteroatoms. The molecule has 109 heavy (non-hydrogen) atoms. The van der Waals surface area contributed by atoms with Crippen LogP contribution in [0.5, 0.6) is 0 Å². The number of para-hydroxylation sites is 2.